The number of hydrogen-bond donors (Lipinski definition) is 1. The summed E-state index contributed by atoms with van der Waals surface area (Å²) in [6.45, 7) is 8.07. The molecule has 1 saturated heterocycles. The molecule has 0 radical (unpaired) electrons. The maximum Gasteiger partial charge on any atom is 0.119 e. The van der Waals surface area contributed by atoms with Gasteiger partial charge in [0.1, 0.15) is 5.75 Å². The number of ether oxygens (including phenoxy) is 2. The topological polar surface area (TPSA) is 30.5 Å². The van der Waals surface area contributed by atoms with Crippen LogP contribution in [-0.2, 0) is 4.74 Å². The van der Waals surface area contributed by atoms with Gasteiger partial charge in [0.15, 0.2) is 0 Å². The number of benzene rings is 1. The van der Waals surface area contributed by atoms with Gasteiger partial charge in [0.05, 0.1) is 12.7 Å². The quantitative estimate of drug-likeness (QED) is 0.868. The van der Waals surface area contributed by atoms with Crippen LogP contribution in [0.2, 0.25) is 0 Å². The van der Waals surface area contributed by atoms with E-state index in [1.807, 2.05) is 26.0 Å². The van der Waals surface area contributed by atoms with Crippen LogP contribution in [-0.4, -0.2) is 25.4 Å². The van der Waals surface area contributed by atoms with Crippen molar-refractivity contribution in [3.63, 3.8) is 0 Å². The Hall–Kier alpha value is -1.22. The summed E-state index contributed by atoms with van der Waals surface area (Å²) in [5.74, 6) is 1.55. The van der Waals surface area contributed by atoms with Gasteiger partial charge < -0.3 is 14.8 Å². The van der Waals surface area contributed by atoms with Gasteiger partial charge >= 0.3 is 0 Å². The van der Waals surface area contributed by atoms with Gasteiger partial charge in [-0.05, 0) is 51.5 Å². The van der Waals surface area contributed by atoms with Crippen LogP contribution in [0.15, 0.2) is 24.3 Å². The molecule has 2 unspecified atom stereocenters. The van der Waals surface area contributed by atoms with E-state index in [9.17, 15) is 0 Å². The first kappa shape index (κ1) is 13.2. The van der Waals surface area contributed by atoms with Gasteiger partial charge in [-0.3, -0.25) is 0 Å². The minimum absolute atomic E-state index is 0.221. The van der Waals surface area contributed by atoms with Gasteiger partial charge in [0, 0.05) is 24.3 Å². The third-order valence-corrected chi connectivity index (χ3v) is 3.29. The highest BCUT2D eigenvalue weighted by molar-refractivity contribution is 5.47. The molecular formula is C15H23NO2. The van der Waals surface area contributed by atoms with Crippen molar-refractivity contribution in [2.75, 3.05) is 18.5 Å². The number of nitrogens with one attached hydrogen (secondary N) is 1. The Kier molecular flexibility index (Phi) is 4.48. The fraction of sp³-hybridized carbons (Fsp3) is 0.600. The van der Waals surface area contributed by atoms with Crippen molar-refractivity contribution in [3.8, 4) is 5.75 Å². The smallest absolute Gasteiger partial charge is 0.119 e. The van der Waals surface area contributed by atoms with Crippen LogP contribution in [0.25, 0.3) is 0 Å². The first-order valence-corrected chi connectivity index (χ1v) is 6.76. The summed E-state index contributed by atoms with van der Waals surface area (Å²) in [5, 5.41) is 3.53. The monoisotopic (exact) mass is 249 g/mol. The minimum atomic E-state index is 0.221. The molecular weight excluding hydrogens is 226 g/mol. The van der Waals surface area contributed by atoms with Gasteiger partial charge in [0.25, 0.3) is 0 Å². The Morgan fingerprint density at radius 1 is 1.22 bits per heavy atom. The molecule has 18 heavy (non-hydrogen) atoms. The molecule has 2 rings (SSSR count). The van der Waals surface area contributed by atoms with E-state index in [0.29, 0.717) is 12.0 Å². The van der Waals surface area contributed by atoms with E-state index in [0.717, 1.165) is 31.1 Å². The highest BCUT2D eigenvalue weighted by Crippen LogP contribution is 2.22. The standard InChI is InChI=1S/C15H23NO2/c1-11(2)18-15-6-4-14(5-7-15)16-12(3)13-8-9-17-10-13/h4-7,11-13,16H,8-10H2,1-3H3. The largest absolute Gasteiger partial charge is 0.491 e. The lowest BCUT2D eigenvalue weighted by atomic mass is 10.0. The van der Waals surface area contributed by atoms with Crippen molar-refractivity contribution in [3.05, 3.63) is 24.3 Å². The van der Waals surface area contributed by atoms with Crippen molar-refractivity contribution in [1.82, 2.24) is 0 Å². The zero-order valence-corrected chi connectivity index (χ0v) is 11.5. The van der Waals surface area contributed by atoms with E-state index in [2.05, 4.69) is 24.4 Å². The average Bonchev–Trinajstić information content (AvgIpc) is 2.84. The molecule has 0 bridgehead atoms. The first-order valence-electron chi connectivity index (χ1n) is 6.76. The Morgan fingerprint density at radius 3 is 2.50 bits per heavy atom. The molecule has 3 nitrogen and oxygen atoms in total. The molecule has 0 aromatic heterocycles. The molecule has 0 spiro atoms. The maximum absolute atomic E-state index is 5.63. The van der Waals surface area contributed by atoms with E-state index < -0.39 is 0 Å². The van der Waals surface area contributed by atoms with Gasteiger partial charge in [-0.15, -0.1) is 0 Å². The molecule has 100 valence electrons. The Morgan fingerprint density at radius 2 is 1.94 bits per heavy atom. The highest BCUT2D eigenvalue weighted by Gasteiger charge is 2.21. The molecule has 1 aliphatic rings. The van der Waals surface area contributed by atoms with E-state index in [1.165, 1.54) is 0 Å². The summed E-state index contributed by atoms with van der Waals surface area (Å²) >= 11 is 0. The Bertz CT molecular complexity index is 355. The highest BCUT2D eigenvalue weighted by atomic mass is 16.5. The zero-order valence-electron chi connectivity index (χ0n) is 11.5. The zero-order chi connectivity index (χ0) is 13.0. The van der Waals surface area contributed by atoms with Crippen molar-refractivity contribution >= 4 is 5.69 Å². The van der Waals surface area contributed by atoms with Gasteiger partial charge in [-0.25, -0.2) is 0 Å². The fourth-order valence-electron chi connectivity index (χ4n) is 2.23. The number of anilines is 1. The summed E-state index contributed by atoms with van der Waals surface area (Å²) in [5.41, 5.74) is 1.14. The minimum Gasteiger partial charge on any atom is -0.491 e. The van der Waals surface area contributed by atoms with Crippen LogP contribution in [0.4, 0.5) is 5.69 Å². The lowest BCUT2D eigenvalue weighted by molar-refractivity contribution is 0.183. The van der Waals surface area contributed by atoms with E-state index in [-0.39, 0.29) is 6.10 Å². The SMILES string of the molecule is CC(C)Oc1ccc(NC(C)C2CCOC2)cc1. The lowest BCUT2D eigenvalue weighted by Gasteiger charge is -2.20. The molecule has 2 atom stereocenters. The van der Waals surface area contributed by atoms with Gasteiger partial charge in [0.2, 0.25) is 0 Å². The van der Waals surface area contributed by atoms with Crippen molar-refractivity contribution in [1.29, 1.82) is 0 Å². The van der Waals surface area contributed by atoms with E-state index in [1.54, 1.807) is 0 Å². The predicted octanol–water partition coefficient (Wildman–Crippen LogP) is 3.31. The summed E-state index contributed by atoms with van der Waals surface area (Å²) in [6.07, 6.45) is 1.38. The average molecular weight is 249 g/mol. The fourth-order valence-corrected chi connectivity index (χ4v) is 2.23. The third-order valence-electron chi connectivity index (χ3n) is 3.29. The van der Waals surface area contributed by atoms with E-state index in [4.69, 9.17) is 9.47 Å². The molecule has 1 heterocycles. The number of hydrogen-bond acceptors (Lipinski definition) is 3. The maximum atomic E-state index is 5.63. The molecule has 0 amide bonds. The molecule has 1 N–H and O–H groups in total. The summed E-state index contributed by atoms with van der Waals surface area (Å²) in [7, 11) is 0. The van der Waals surface area contributed by atoms with Crippen LogP contribution in [0, 0.1) is 5.92 Å². The molecule has 1 aromatic rings. The Balaban J connectivity index is 1.89. The molecule has 1 aromatic carbocycles. The molecule has 0 saturated carbocycles. The third kappa shape index (κ3) is 3.64. The van der Waals surface area contributed by atoms with Gasteiger partial charge in [-0.2, -0.15) is 0 Å². The van der Waals surface area contributed by atoms with Crippen molar-refractivity contribution in [2.24, 2.45) is 5.92 Å². The first-order chi connectivity index (χ1) is 8.65. The molecule has 3 heteroatoms. The molecule has 1 fully saturated rings. The van der Waals surface area contributed by atoms with Crippen LogP contribution < -0.4 is 10.1 Å². The van der Waals surface area contributed by atoms with Crippen molar-refractivity contribution < 1.29 is 9.47 Å². The summed E-state index contributed by atoms with van der Waals surface area (Å²) in [4.78, 5) is 0. The van der Waals surface area contributed by atoms with Crippen LogP contribution in [0.3, 0.4) is 0 Å². The second-order valence-corrected chi connectivity index (χ2v) is 5.25. The normalized spacial score (nSPS) is 21.0. The van der Waals surface area contributed by atoms with Gasteiger partial charge in [-0.1, -0.05) is 0 Å². The predicted molar refractivity (Wildman–Crippen MR) is 74.2 cm³/mol. The van der Waals surface area contributed by atoms with E-state index >= 15 is 0 Å². The Labute approximate surface area is 109 Å². The molecule has 0 aliphatic carbocycles. The summed E-state index contributed by atoms with van der Waals surface area (Å²) < 4.78 is 11.0. The van der Waals surface area contributed by atoms with Crippen LogP contribution >= 0.6 is 0 Å². The lowest BCUT2D eigenvalue weighted by Crippen LogP contribution is -2.26. The summed E-state index contributed by atoms with van der Waals surface area (Å²) in [6, 6.07) is 8.62. The number of rotatable bonds is 5. The van der Waals surface area contributed by atoms with Crippen LogP contribution in [0.5, 0.6) is 5.75 Å². The van der Waals surface area contributed by atoms with Crippen molar-refractivity contribution in [2.45, 2.75) is 39.3 Å². The molecule has 1 aliphatic heterocycles. The second-order valence-electron chi connectivity index (χ2n) is 5.25. The van der Waals surface area contributed by atoms with Crippen LogP contribution in [0.1, 0.15) is 27.2 Å². The second kappa shape index (κ2) is 6.10.